The van der Waals surface area contributed by atoms with E-state index in [0.717, 1.165) is 12.8 Å². The Labute approximate surface area is 126 Å². The van der Waals surface area contributed by atoms with Crippen molar-refractivity contribution < 1.29 is 19.4 Å². The second-order valence-corrected chi connectivity index (χ2v) is 6.28. The Bertz CT molecular complexity index is 388. The molecule has 6 nitrogen and oxygen atoms in total. The second kappa shape index (κ2) is 7.22. The van der Waals surface area contributed by atoms with Crippen molar-refractivity contribution in [3.8, 4) is 0 Å². The number of carboxylic acid groups (broad SMARTS) is 1. The van der Waals surface area contributed by atoms with Crippen LogP contribution in [0.4, 0.5) is 0 Å². The van der Waals surface area contributed by atoms with Gasteiger partial charge in [0.05, 0.1) is 17.6 Å². The SMILES string of the molecule is CCCC(C)(OC)C(NC(C)=O)C1CC(C(=O)O)CC1N. The first kappa shape index (κ1) is 17.9. The Balaban J connectivity index is 3.02. The van der Waals surface area contributed by atoms with Crippen LogP contribution >= 0.6 is 0 Å². The molecule has 0 heterocycles. The van der Waals surface area contributed by atoms with Gasteiger partial charge in [-0.1, -0.05) is 13.3 Å². The summed E-state index contributed by atoms with van der Waals surface area (Å²) in [6.45, 7) is 5.47. The van der Waals surface area contributed by atoms with Crippen LogP contribution in [0.25, 0.3) is 0 Å². The highest BCUT2D eigenvalue weighted by molar-refractivity contribution is 5.73. The van der Waals surface area contributed by atoms with Gasteiger partial charge in [0.1, 0.15) is 0 Å². The molecule has 0 radical (unpaired) electrons. The van der Waals surface area contributed by atoms with Crippen LogP contribution in [0.5, 0.6) is 0 Å². The van der Waals surface area contributed by atoms with Gasteiger partial charge in [-0.3, -0.25) is 9.59 Å². The lowest BCUT2D eigenvalue weighted by atomic mass is 9.79. The molecule has 1 saturated carbocycles. The van der Waals surface area contributed by atoms with Crippen LogP contribution in [-0.2, 0) is 14.3 Å². The Morgan fingerprint density at radius 1 is 1.48 bits per heavy atom. The van der Waals surface area contributed by atoms with E-state index in [-0.39, 0.29) is 23.9 Å². The van der Waals surface area contributed by atoms with Gasteiger partial charge in [0.25, 0.3) is 0 Å². The summed E-state index contributed by atoms with van der Waals surface area (Å²) in [5, 5.41) is 12.2. The molecule has 21 heavy (non-hydrogen) atoms. The number of carbonyl (C=O) groups excluding carboxylic acids is 1. The fourth-order valence-corrected chi connectivity index (χ4v) is 3.50. The van der Waals surface area contributed by atoms with Crippen LogP contribution in [-0.4, -0.2) is 41.8 Å². The third-order valence-electron chi connectivity index (χ3n) is 4.67. The number of nitrogens with two attached hydrogens (primary N) is 1. The summed E-state index contributed by atoms with van der Waals surface area (Å²) < 4.78 is 5.68. The highest BCUT2D eigenvalue weighted by Gasteiger charge is 2.47. The first-order chi connectivity index (χ1) is 9.75. The number of amides is 1. The summed E-state index contributed by atoms with van der Waals surface area (Å²) in [6, 6.07) is -0.520. The Morgan fingerprint density at radius 2 is 2.10 bits per heavy atom. The van der Waals surface area contributed by atoms with Crippen LogP contribution in [0.1, 0.15) is 46.5 Å². The van der Waals surface area contributed by atoms with Crippen molar-refractivity contribution >= 4 is 11.9 Å². The number of rotatable bonds is 7. The third-order valence-corrected chi connectivity index (χ3v) is 4.67. The molecule has 122 valence electrons. The van der Waals surface area contributed by atoms with Crippen molar-refractivity contribution in [3.05, 3.63) is 0 Å². The topological polar surface area (TPSA) is 102 Å². The zero-order chi connectivity index (χ0) is 16.2. The van der Waals surface area contributed by atoms with Crippen molar-refractivity contribution in [2.75, 3.05) is 7.11 Å². The predicted molar refractivity (Wildman–Crippen MR) is 79.8 cm³/mol. The number of methoxy groups -OCH3 is 1. The highest BCUT2D eigenvalue weighted by Crippen LogP contribution is 2.38. The molecule has 5 atom stereocenters. The van der Waals surface area contributed by atoms with E-state index >= 15 is 0 Å². The van der Waals surface area contributed by atoms with Gasteiger partial charge in [0.15, 0.2) is 0 Å². The summed E-state index contributed by atoms with van der Waals surface area (Å²) in [7, 11) is 1.62. The molecule has 0 aromatic heterocycles. The van der Waals surface area contributed by atoms with E-state index < -0.39 is 17.5 Å². The second-order valence-electron chi connectivity index (χ2n) is 6.28. The van der Waals surface area contributed by atoms with Crippen LogP contribution in [0.2, 0.25) is 0 Å². The van der Waals surface area contributed by atoms with E-state index in [4.69, 9.17) is 10.5 Å². The molecule has 1 aliphatic carbocycles. The van der Waals surface area contributed by atoms with Crippen molar-refractivity contribution in [1.29, 1.82) is 0 Å². The Hall–Kier alpha value is -1.14. The number of carboxylic acids is 1. The standard InChI is InChI=1S/C15H28N2O4/c1-5-6-15(3,21-4)13(17-9(2)18)11-7-10(14(19)20)8-12(11)16/h10-13H,5-8,16H2,1-4H3,(H,17,18)(H,19,20). The Kier molecular flexibility index (Phi) is 6.16. The lowest BCUT2D eigenvalue weighted by Gasteiger charge is -2.41. The molecule has 1 rings (SSSR count). The quantitative estimate of drug-likeness (QED) is 0.654. The Morgan fingerprint density at radius 3 is 2.48 bits per heavy atom. The molecule has 0 aromatic carbocycles. The fraction of sp³-hybridized carbons (Fsp3) is 0.867. The largest absolute Gasteiger partial charge is 0.481 e. The minimum atomic E-state index is -0.816. The molecule has 0 saturated heterocycles. The van der Waals surface area contributed by atoms with E-state index in [1.807, 2.05) is 6.92 Å². The van der Waals surface area contributed by atoms with E-state index in [0.29, 0.717) is 12.8 Å². The maximum Gasteiger partial charge on any atom is 0.306 e. The molecule has 5 unspecified atom stereocenters. The first-order valence-corrected chi connectivity index (χ1v) is 7.55. The van der Waals surface area contributed by atoms with Gasteiger partial charge in [-0.15, -0.1) is 0 Å². The minimum absolute atomic E-state index is 0.0912. The lowest BCUT2D eigenvalue weighted by Crippen LogP contribution is -2.58. The zero-order valence-electron chi connectivity index (χ0n) is 13.4. The molecule has 1 fully saturated rings. The van der Waals surface area contributed by atoms with Gasteiger partial charge in [-0.05, 0) is 32.1 Å². The molecule has 6 heteroatoms. The van der Waals surface area contributed by atoms with Crippen LogP contribution in [0.15, 0.2) is 0 Å². The van der Waals surface area contributed by atoms with Gasteiger partial charge >= 0.3 is 5.97 Å². The van der Waals surface area contributed by atoms with E-state index in [1.54, 1.807) is 7.11 Å². The number of hydrogen-bond acceptors (Lipinski definition) is 4. The third kappa shape index (κ3) is 4.17. The summed E-state index contributed by atoms with van der Waals surface area (Å²) in [5.41, 5.74) is 5.62. The average molecular weight is 300 g/mol. The fourth-order valence-electron chi connectivity index (χ4n) is 3.50. The van der Waals surface area contributed by atoms with Crippen LogP contribution < -0.4 is 11.1 Å². The molecule has 0 bridgehead atoms. The normalized spacial score (nSPS) is 29.7. The van der Waals surface area contributed by atoms with E-state index in [9.17, 15) is 14.7 Å². The summed E-state index contributed by atoms with van der Waals surface area (Å²) in [4.78, 5) is 22.8. The van der Waals surface area contributed by atoms with Crippen molar-refractivity contribution in [2.24, 2.45) is 17.6 Å². The summed E-state index contributed by atoms with van der Waals surface area (Å²) in [5.74, 6) is -1.50. The van der Waals surface area contributed by atoms with Crippen molar-refractivity contribution in [3.63, 3.8) is 0 Å². The summed E-state index contributed by atoms with van der Waals surface area (Å²) >= 11 is 0. The molecule has 4 N–H and O–H groups in total. The van der Waals surface area contributed by atoms with Gasteiger partial charge in [-0.25, -0.2) is 0 Å². The number of ether oxygens (including phenoxy) is 1. The van der Waals surface area contributed by atoms with E-state index in [2.05, 4.69) is 12.2 Å². The van der Waals surface area contributed by atoms with Crippen molar-refractivity contribution in [1.82, 2.24) is 5.32 Å². The van der Waals surface area contributed by atoms with Gasteiger partial charge in [0, 0.05) is 20.1 Å². The minimum Gasteiger partial charge on any atom is -0.481 e. The molecule has 1 amide bonds. The van der Waals surface area contributed by atoms with Gasteiger partial charge in [-0.2, -0.15) is 0 Å². The maximum atomic E-state index is 11.6. The molecule has 0 spiro atoms. The number of aliphatic carboxylic acids is 1. The predicted octanol–water partition coefficient (Wildman–Crippen LogP) is 1.13. The average Bonchev–Trinajstić information content (AvgIpc) is 2.78. The lowest BCUT2D eigenvalue weighted by molar-refractivity contribution is -0.141. The first-order valence-electron chi connectivity index (χ1n) is 7.55. The maximum absolute atomic E-state index is 11.6. The van der Waals surface area contributed by atoms with Gasteiger partial charge in [0.2, 0.25) is 5.91 Å². The van der Waals surface area contributed by atoms with Gasteiger partial charge < -0.3 is 20.9 Å². The number of carbonyl (C=O) groups is 2. The van der Waals surface area contributed by atoms with Crippen molar-refractivity contribution in [2.45, 2.75) is 64.1 Å². The number of hydrogen-bond donors (Lipinski definition) is 3. The van der Waals surface area contributed by atoms with Crippen LogP contribution in [0, 0.1) is 11.8 Å². The highest BCUT2D eigenvalue weighted by atomic mass is 16.5. The van der Waals surface area contributed by atoms with Crippen LogP contribution in [0.3, 0.4) is 0 Å². The molecule has 1 aliphatic rings. The summed E-state index contributed by atoms with van der Waals surface area (Å²) in [6.07, 6.45) is 2.60. The molecule has 0 aliphatic heterocycles. The monoisotopic (exact) mass is 300 g/mol. The number of nitrogens with one attached hydrogen (secondary N) is 1. The molecular formula is C15H28N2O4. The zero-order valence-corrected chi connectivity index (χ0v) is 13.4. The van der Waals surface area contributed by atoms with E-state index in [1.165, 1.54) is 6.92 Å². The molecule has 0 aromatic rings. The smallest absolute Gasteiger partial charge is 0.306 e. The molecular weight excluding hydrogens is 272 g/mol.